The first-order valence-corrected chi connectivity index (χ1v) is 13.2. The standard InChI is InChI=1S/C27H33N5O4S/c1-19(2)32(27(34)24-7-5-16-37-24)18-26(33)31-13-6-12-30(14-15-31)25-11-10-22(28-29-25)21-9-8-20(35-3)17-23(21)36-4/h5,7-11,16-17,19H,6,12-15,18H2,1-4H3. The fourth-order valence-corrected chi connectivity index (χ4v) is 5.00. The molecule has 2 aromatic heterocycles. The molecule has 0 spiro atoms. The van der Waals surface area contributed by atoms with E-state index in [-0.39, 0.29) is 24.4 Å². The molecule has 1 aliphatic heterocycles. The van der Waals surface area contributed by atoms with Gasteiger partial charge < -0.3 is 24.2 Å². The monoisotopic (exact) mass is 523 g/mol. The van der Waals surface area contributed by atoms with Crippen LogP contribution in [-0.4, -0.2) is 84.8 Å². The maximum atomic E-state index is 13.2. The molecule has 0 bridgehead atoms. The maximum absolute atomic E-state index is 13.2. The number of hydrogen-bond donors (Lipinski definition) is 0. The summed E-state index contributed by atoms with van der Waals surface area (Å²) in [6, 6.07) is 13.0. The number of aromatic nitrogens is 2. The number of carbonyl (C=O) groups is 2. The summed E-state index contributed by atoms with van der Waals surface area (Å²) in [7, 11) is 3.23. The summed E-state index contributed by atoms with van der Waals surface area (Å²) in [5, 5.41) is 10.8. The Labute approximate surface area is 221 Å². The van der Waals surface area contributed by atoms with Crippen molar-refractivity contribution < 1.29 is 19.1 Å². The van der Waals surface area contributed by atoms with E-state index in [0.717, 1.165) is 24.3 Å². The second-order valence-electron chi connectivity index (χ2n) is 9.07. The molecule has 1 aliphatic rings. The number of amides is 2. The number of benzene rings is 1. The van der Waals surface area contributed by atoms with Crippen LogP contribution in [0.4, 0.5) is 5.82 Å². The Balaban J connectivity index is 1.39. The number of thiophene rings is 1. The van der Waals surface area contributed by atoms with Crippen LogP contribution < -0.4 is 14.4 Å². The molecule has 37 heavy (non-hydrogen) atoms. The van der Waals surface area contributed by atoms with Crippen molar-refractivity contribution in [3.8, 4) is 22.8 Å². The Morgan fingerprint density at radius 2 is 1.86 bits per heavy atom. The van der Waals surface area contributed by atoms with Gasteiger partial charge in [-0.2, -0.15) is 0 Å². The number of carbonyl (C=O) groups excluding carboxylic acids is 2. The fourth-order valence-electron chi connectivity index (χ4n) is 4.32. The van der Waals surface area contributed by atoms with Crippen molar-refractivity contribution in [3.63, 3.8) is 0 Å². The van der Waals surface area contributed by atoms with E-state index in [9.17, 15) is 9.59 Å². The number of anilines is 1. The highest BCUT2D eigenvalue weighted by Crippen LogP contribution is 2.32. The lowest BCUT2D eigenvalue weighted by atomic mass is 10.1. The summed E-state index contributed by atoms with van der Waals surface area (Å²) in [6.45, 7) is 6.57. The Morgan fingerprint density at radius 3 is 2.51 bits per heavy atom. The number of methoxy groups -OCH3 is 2. The van der Waals surface area contributed by atoms with Crippen molar-refractivity contribution in [2.75, 3.05) is 51.8 Å². The van der Waals surface area contributed by atoms with Crippen LogP contribution in [0.2, 0.25) is 0 Å². The molecule has 1 saturated heterocycles. The number of nitrogens with zero attached hydrogens (tertiary/aromatic N) is 5. The zero-order valence-electron chi connectivity index (χ0n) is 21.7. The highest BCUT2D eigenvalue weighted by atomic mass is 32.1. The van der Waals surface area contributed by atoms with E-state index in [1.165, 1.54) is 11.3 Å². The summed E-state index contributed by atoms with van der Waals surface area (Å²) in [5.41, 5.74) is 1.54. The molecule has 0 radical (unpaired) electrons. The molecule has 2 amide bonds. The first-order chi connectivity index (χ1) is 17.9. The molecule has 196 valence electrons. The highest BCUT2D eigenvalue weighted by Gasteiger charge is 2.26. The Bertz CT molecular complexity index is 1200. The van der Waals surface area contributed by atoms with Gasteiger partial charge in [-0.1, -0.05) is 6.07 Å². The van der Waals surface area contributed by atoms with Gasteiger partial charge in [0.05, 0.1) is 24.8 Å². The van der Waals surface area contributed by atoms with Crippen LogP contribution in [0.5, 0.6) is 11.5 Å². The predicted molar refractivity (Wildman–Crippen MR) is 144 cm³/mol. The molecule has 0 unspecified atom stereocenters. The Morgan fingerprint density at radius 1 is 1.03 bits per heavy atom. The zero-order chi connectivity index (χ0) is 26.4. The minimum atomic E-state index is -0.0985. The van der Waals surface area contributed by atoms with Gasteiger partial charge in [-0.25, -0.2) is 0 Å². The molecule has 0 saturated carbocycles. The Hall–Kier alpha value is -3.66. The lowest BCUT2D eigenvalue weighted by Crippen LogP contribution is -2.46. The van der Waals surface area contributed by atoms with Crippen LogP contribution in [0, 0.1) is 0 Å². The van der Waals surface area contributed by atoms with Gasteiger partial charge >= 0.3 is 0 Å². The molecule has 3 heterocycles. The number of rotatable bonds is 8. The van der Waals surface area contributed by atoms with Crippen molar-refractivity contribution in [1.82, 2.24) is 20.0 Å². The van der Waals surface area contributed by atoms with Crippen molar-refractivity contribution in [1.29, 1.82) is 0 Å². The molecule has 10 heteroatoms. The summed E-state index contributed by atoms with van der Waals surface area (Å²) in [4.78, 5) is 32.4. The smallest absolute Gasteiger partial charge is 0.264 e. The SMILES string of the molecule is COc1ccc(-c2ccc(N3CCCN(C(=O)CN(C(=O)c4cccs4)C(C)C)CC3)nn2)c(OC)c1. The lowest BCUT2D eigenvalue weighted by molar-refractivity contribution is -0.132. The molecule has 1 fully saturated rings. The summed E-state index contributed by atoms with van der Waals surface area (Å²) >= 11 is 1.40. The van der Waals surface area contributed by atoms with Crippen LogP contribution in [-0.2, 0) is 4.79 Å². The van der Waals surface area contributed by atoms with Crippen molar-refractivity contribution in [3.05, 3.63) is 52.7 Å². The van der Waals surface area contributed by atoms with E-state index in [2.05, 4.69) is 15.1 Å². The Kier molecular flexibility index (Phi) is 8.60. The quantitative estimate of drug-likeness (QED) is 0.444. The average Bonchev–Trinajstić information content (AvgIpc) is 3.35. The van der Waals surface area contributed by atoms with Crippen molar-refractivity contribution in [2.45, 2.75) is 26.3 Å². The summed E-state index contributed by atoms with van der Waals surface area (Å²) < 4.78 is 10.8. The third-order valence-electron chi connectivity index (χ3n) is 6.43. The molecule has 1 aromatic carbocycles. The molecular formula is C27H33N5O4S. The highest BCUT2D eigenvalue weighted by molar-refractivity contribution is 7.12. The van der Waals surface area contributed by atoms with Gasteiger partial charge in [-0.3, -0.25) is 9.59 Å². The maximum Gasteiger partial charge on any atom is 0.264 e. The summed E-state index contributed by atoms with van der Waals surface area (Å²) in [6.07, 6.45) is 0.808. The predicted octanol–water partition coefficient (Wildman–Crippen LogP) is 3.81. The van der Waals surface area contributed by atoms with Crippen molar-refractivity contribution in [2.24, 2.45) is 0 Å². The van der Waals surface area contributed by atoms with E-state index in [0.29, 0.717) is 41.7 Å². The molecule has 4 rings (SSSR count). The molecule has 3 aromatic rings. The van der Waals surface area contributed by atoms with E-state index in [4.69, 9.17) is 9.47 Å². The minimum absolute atomic E-state index is 0.0338. The molecular weight excluding hydrogens is 490 g/mol. The summed E-state index contributed by atoms with van der Waals surface area (Å²) in [5.74, 6) is 2.01. The molecule has 9 nitrogen and oxygen atoms in total. The lowest BCUT2D eigenvalue weighted by Gasteiger charge is -2.29. The van der Waals surface area contributed by atoms with Gasteiger partial charge in [0.15, 0.2) is 5.82 Å². The van der Waals surface area contributed by atoms with Crippen molar-refractivity contribution >= 4 is 29.0 Å². The van der Waals surface area contributed by atoms with Gasteiger partial charge in [0.1, 0.15) is 18.0 Å². The van der Waals surface area contributed by atoms with Gasteiger partial charge in [0, 0.05) is 43.9 Å². The van der Waals surface area contributed by atoms with Gasteiger partial charge in [0.2, 0.25) is 5.91 Å². The third-order valence-corrected chi connectivity index (χ3v) is 7.29. The third kappa shape index (κ3) is 6.19. The van der Waals surface area contributed by atoms with E-state index < -0.39 is 0 Å². The molecule has 0 atom stereocenters. The second kappa shape index (κ2) is 12.1. The van der Waals surface area contributed by atoms with Crippen LogP contribution >= 0.6 is 11.3 Å². The van der Waals surface area contributed by atoms with E-state index in [1.807, 2.05) is 60.5 Å². The largest absolute Gasteiger partial charge is 0.497 e. The first-order valence-electron chi connectivity index (χ1n) is 12.3. The van der Waals surface area contributed by atoms with Crippen LogP contribution in [0.25, 0.3) is 11.3 Å². The minimum Gasteiger partial charge on any atom is -0.497 e. The fraction of sp³-hybridized carbons (Fsp3) is 0.407. The van der Waals surface area contributed by atoms with E-state index in [1.54, 1.807) is 25.2 Å². The molecule has 0 aliphatic carbocycles. The van der Waals surface area contributed by atoms with Gasteiger partial charge in [-0.15, -0.1) is 21.5 Å². The van der Waals surface area contributed by atoms with Crippen LogP contribution in [0.3, 0.4) is 0 Å². The average molecular weight is 524 g/mol. The van der Waals surface area contributed by atoms with Crippen LogP contribution in [0.15, 0.2) is 47.8 Å². The zero-order valence-corrected chi connectivity index (χ0v) is 22.5. The number of hydrogen-bond acceptors (Lipinski definition) is 8. The number of ether oxygens (including phenoxy) is 2. The van der Waals surface area contributed by atoms with Gasteiger partial charge in [0.25, 0.3) is 5.91 Å². The first kappa shape index (κ1) is 26.4. The van der Waals surface area contributed by atoms with Gasteiger partial charge in [-0.05, 0) is 56.0 Å². The topological polar surface area (TPSA) is 88.1 Å². The van der Waals surface area contributed by atoms with Crippen LogP contribution in [0.1, 0.15) is 29.9 Å². The molecule has 0 N–H and O–H groups in total. The second-order valence-corrected chi connectivity index (χ2v) is 10.0. The van der Waals surface area contributed by atoms with E-state index >= 15 is 0 Å². The normalized spacial score (nSPS) is 13.9.